The van der Waals surface area contributed by atoms with Crippen LogP contribution in [-0.2, 0) is 21.6 Å². The van der Waals surface area contributed by atoms with Crippen LogP contribution in [0.5, 0.6) is 0 Å². The van der Waals surface area contributed by atoms with Gasteiger partial charge in [0.2, 0.25) is 0 Å². The molecule has 3 rings (SSSR count). The van der Waals surface area contributed by atoms with Gasteiger partial charge < -0.3 is 4.74 Å². The molecule has 0 aliphatic heterocycles. The first kappa shape index (κ1) is 19.7. The molecule has 2 aromatic carbocycles. The highest BCUT2D eigenvalue weighted by Gasteiger charge is 2.20. The summed E-state index contributed by atoms with van der Waals surface area (Å²) >= 11 is 0. The molecule has 0 bridgehead atoms. The molecule has 0 amide bonds. The van der Waals surface area contributed by atoms with E-state index in [1.165, 1.54) is 19.2 Å². The Morgan fingerprint density at radius 1 is 1.25 bits per heavy atom. The van der Waals surface area contributed by atoms with Crippen LogP contribution in [0.1, 0.15) is 44.4 Å². The zero-order valence-electron chi connectivity index (χ0n) is 16.7. The largest absolute Gasteiger partial charge is 0.461 e. The second-order valence-corrected chi connectivity index (χ2v) is 7.89. The van der Waals surface area contributed by atoms with E-state index in [1.54, 1.807) is 18.2 Å². The molecule has 146 valence electrons. The Hall–Kier alpha value is -3.02. The summed E-state index contributed by atoms with van der Waals surface area (Å²) in [6.45, 7) is 9.13. The van der Waals surface area contributed by atoms with E-state index in [0.29, 0.717) is 16.6 Å². The number of aromatic nitrogens is 2. The van der Waals surface area contributed by atoms with E-state index >= 15 is 0 Å². The number of hydrogen-bond donors (Lipinski definition) is 0. The van der Waals surface area contributed by atoms with Crippen molar-refractivity contribution in [1.82, 2.24) is 9.78 Å². The molecule has 3 aromatic rings. The van der Waals surface area contributed by atoms with E-state index in [0.717, 1.165) is 15.8 Å². The molecule has 0 saturated heterocycles. The molecule has 0 atom stereocenters. The van der Waals surface area contributed by atoms with Crippen molar-refractivity contribution >= 4 is 16.7 Å². The Labute approximate surface area is 162 Å². The number of rotatable bonds is 3. The number of esters is 1. The van der Waals surface area contributed by atoms with Gasteiger partial charge >= 0.3 is 5.97 Å². The molecule has 28 heavy (non-hydrogen) atoms. The fraction of sp³-hybridized carbons (Fsp3) is 0.318. The number of nitrogens with zero attached hydrogens (tertiary/aromatic N) is 2. The zero-order valence-corrected chi connectivity index (χ0v) is 16.7. The number of carbonyl (C=O) groups is 1. The Bertz CT molecular complexity index is 1130. The maximum Gasteiger partial charge on any atom is 0.302 e. The molecule has 0 fully saturated rings. The smallest absolute Gasteiger partial charge is 0.302 e. The SMILES string of the molecule is CC(=O)OCc1c(C)cccc1-n1ncc2cc(C(C)(C)C)cc(F)c2c1=O. The minimum absolute atomic E-state index is 0.00887. The first-order valence-corrected chi connectivity index (χ1v) is 9.04. The van der Waals surface area contributed by atoms with Gasteiger partial charge in [0, 0.05) is 17.9 Å². The van der Waals surface area contributed by atoms with Crippen LogP contribution < -0.4 is 5.56 Å². The number of ether oxygens (including phenoxy) is 1. The maximum atomic E-state index is 14.9. The van der Waals surface area contributed by atoms with Gasteiger partial charge in [-0.3, -0.25) is 9.59 Å². The summed E-state index contributed by atoms with van der Waals surface area (Å²) in [4.78, 5) is 24.3. The van der Waals surface area contributed by atoms with Crippen LogP contribution in [0.3, 0.4) is 0 Å². The highest BCUT2D eigenvalue weighted by Crippen LogP contribution is 2.27. The summed E-state index contributed by atoms with van der Waals surface area (Å²) in [5.41, 5.74) is 1.95. The number of carbonyl (C=O) groups excluding carboxylic acids is 1. The lowest BCUT2D eigenvalue weighted by Crippen LogP contribution is -2.24. The van der Waals surface area contributed by atoms with Crippen LogP contribution in [0.2, 0.25) is 0 Å². The summed E-state index contributed by atoms with van der Waals surface area (Å²) in [5.74, 6) is -0.994. The monoisotopic (exact) mass is 382 g/mol. The Morgan fingerprint density at radius 3 is 2.61 bits per heavy atom. The van der Waals surface area contributed by atoms with Gasteiger partial charge in [-0.2, -0.15) is 9.78 Å². The lowest BCUT2D eigenvalue weighted by molar-refractivity contribution is -0.142. The van der Waals surface area contributed by atoms with Crippen molar-refractivity contribution in [3.63, 3.8) is 0 Å². The molecule has 0 radical (unpaired) electrons. The van der Waals surface area contributed by atoms with Gasteiger partial charge in [-0.05, 0) is 41.7 Å². The fourth-order valence-electron chi connectivity index (χ4n) is 3.09. The van der Waals surface area contributed by atoms with E-state index in [-0.39, 0.29) is 17.4 Å². The van der Waals surface area contributed by atoms with Gasteiger partial charge in [0.1, 0.15) is 12.4 Å². The Morgan fingerprint density at radius 2 is 1.96 bits per heavy atom. The summed E-state index contributed by atoms with van der Waals surface area (Å²) in [5, 5.41) is 4.71. The highest BCUT2D eigenvalue weighted by atomic mass is 19.1. The molecule has 0 saturated carbocycles. The molecule has 0 N–H and O–H groups in total. The molecular formula is C22H23FN2O3. The third kappa shape index (κ3) is 3.67. The van der Waals surface area contributed by atoms with Gasteiger partial charge in [-0.15, -0.1) is 0 Å². The number of hydrogen-bond acceptors (Lipinski definition) is 4. The lowest BCUT2D eigenvalue weighted by Gasteiger charge is -2.20. The number of halogens is 1. The molecule has 6 heteroatoms. The highest BCUT2D eigenvalue weighted by molar-refractivity contribution is 5.82. The molecule has 5 nitrogen and oxygen atoms in total. The van der Waals surface area contributed by atoms with Crippen molar-refractivity contribution in [2.45, 2.75) is 46.6 Å². The first-order valence-electron chi connectivity index (χ1n) is 9.04. The van der Waals surface area contributed by atoms with Gasteiger partial charge in [-0.25, -0.2) is 4.39 Å². The van der Waals surface area contributed by atoms with Gasteiger partial charge in [-0.1, -0.05) is 32.9 Å². The van der Waals surface area contributed by atoms with Crippen molar-refractivity contribution < 1.29 is 13.9 Å². The fourth-order valence-corrected chi connectivity index (χ4v) is 3.09. The average Bonchev–Trinajstić information content (AvgIpc) is 2.59. The predicted molar refractivity (Wildman–Crippen MR) is 106 cm³/mol. The minimum atomic E-state index is -0.572. The number of fused-ring (bicyclic) bond motifs is 1. The van der Waals surface area contributed by atoms with E-state index in [4.69, 9.17) is 4.74 Å². The van der Waals surface area contributed by atoms with E-state index in [2.05, 4.69) is 5.10 Å². The first-order chi connectivity index (χ1) is 13.1. The van der Waals surface area contributed by atoms with Crippen molar-refractivity contribution in [2.75, 3.05) is 0 Å². The summed E-state index contributed by atoms with van der Waals surface area (Å²) in [7, 11) is 0. The number of aryl methyl sites for hydroxylation is 1. The van der Waals surface area contributed by atoms with Crippen molar-refractivity contribution in [3.05, 3.63) is 69.4 Å². The molecule has 0 unspecified atom stereocenters. The van der Waals surface area contributed by atoms with Crippen molar-refractivity contribution in [3.8, 4) is 5.69 Å². The Balaban J connectivity index is 2.23. The molecule has 1 heterocycles. The number of benzene rings is 2. The predicted octanol–water partition coefficient (Wildman–Crippen LogP) is 4.19. The van der Waals surface area contributed by atoms with E-state index in [1.807, 2.05) is 33.8 Å². The standard InChI is InChI=1S/C22H23FN2O3/c1-13-7-6-8-19(17(13)12-28-14(2)26)25-21(27)20-15(11-24-25)9-16(10-18(20)23)22(3,4)5/h6-11H,12H2,1-5H3. The van der Waals surface area contributed by atoms with Crippen LogP contribution in [-0.4, -0.2) is 15.7 Å². The molecule has 1 aromatic heterocycles. The third-order valence-corrected chi connectivity index (χ3v) is 4.74. The third-order valence-electron chi connectivity index (χ3n) is 4.74. The Kier molecular flexibility index (Phi) is 5.06. The zero-order chi connectivity index (χ0) is 20.6. The van der Waals surface area contributed by atoms with Crippen molar-refractivity contribution in [1.29, 1.82) is 0 Å². The summed E-state index contributed by atoms with van der Waals surface area (Å²) in [6, 6.07) is 8.54. The lowest BCUT2D eigenvalue weighted by atomic mass is 9.86. The quantitative estimate of drug-likeness (QED) is 0.637. The maximum absolute atomic E-state index is 14.9. The van der Waals surface area contributed by atoms with Crippen LogP contribution in [0, 0.1) is 12.7 Å². The second-order valence-electron chi connectivity index (χ2n) is 7.89. The van der Waals surface area contributed by atoms with Crippen LogP contribution >= 0.6 is 0 Å². The van der Waals surface area contributed by atoms with E-state index in [9.17, 15) is 14.0 Å². The summed E-state index contributed by atoms with van der Waals surface area (Å²) < 4.78 is 21.1. The van der Waals surface area contributed by atoms with Crippen LogP contribution in [0.4, 0.5) is 4.39 Å². The average molecular weight is 382 g/mol. The molecular weight excluding hydrogens is 359 g/mol. The minimum Gasteiger partial charge on any atom is -0.461 e. The van der Waals surface area contributed by atoms with Gasteiger partial charge in [0.25, 0.3) is 5.56 Å². The molecule has 0 spiro atoms. The van der Waals surface area contributed by atoms with Crippen LogP contribution in [0.15, 0.2) is 41.3 Å². The van der Waals surface area contributed by atoms with Gasteiger partial charge in [0.15, 0.2) is 0 Å². The topological polar surface area (TPSA) is 61.2 Å². The van der Waals surface area contributed by atoms with Crippen LogP contribution in [0.25, 0.3) is 16.5 Å². The van der Waals surface area contributed by atoms with E-state index < -0.39 is 17.3 Å². The van der Waals surface area contributed by atoms with Crippen molar-refractivity contribution in [2.24, 2.45) is 0 Å². The normalized spacial score (nSPS) is 11.6. The second kappa shape index (κ2) is 7.19. The van der Waals surface area contributed by atoms with Gasteiger partial charge in [0.05, 0.1) is 17.3 Å². The summed E-state index contributed by atoms with van der Waals surface area (Å²) in [6.07, 6.45) is 1.49. The molecule has 0 aliphatic carbocycles. The molecule has 0 aliphatic rings.